The topological polar surface area (TPSA) is 12.0 Å². The highest BCUT2D eigenvalue weighted by molar-refractivity contribution is 9.10. The van der Waals surface area contributed by atoms with E-state index in [1.807, 2.05) is 0 Å². The van der Waals surface area contributed by atoms with Gasteiger partial charge in [0.25, 0.3) is 0 Å². The molecule has 0 saturated carbocycles. The number of hydrogen-bond acceptors (Lipinski definition) is 2. The number of rotatable bonds is 3. The molecule has 0 heterocycles. The predicted octanol–water partition coefficient (Wildman–Crippen LogP) is 6.15. The zero-order chi connectivity index (χ0) is 14.0. The van der Waals surface area contributed by atoms with Gasteiger partial charge in [-0.15, -0.1) is 0 Å². The monoisotopic (exact) mass is 383 g/mol. The van der Waals surface area contributed by atoms with Crippen molar-refractivity contribution in [3.05, 3.63) is 56.5 Å². The van der Waals surface area contributed by atoms with Gasteiger partial charge in [-0.3, -0.25) is 0 Å². The molecule has 0 radical (unpaired) electrons. The second kappa shape index (κ2) is 6.31. The molecular formula is C12H6BrCl2F2NS. The molecule has 100 valence electrons. The van der Waals surface area contributed by atoms with Gasteiger partial charge in [-0.25, -0.2) is 8.78 Å². The highest BCUT2D eigenvalue weighted by atomic mass is 79.9. The highest BCUT2D eigenvalue weighted by Crippen LogP contribution is 2.31. The van der Waals surface area contributed by atoms with E-state index in [-0.39, 0.29) is 10.2 Å². The van der Waals surface area contributed by atoms with Gasteiger partial charge in [0, 0.05) is 14.9 Å². The van der Waals surface area contributed by atoms with Crippen LogP contribution in [0.1, 0.15) is 0 Å². The number of benzene rings is 2. The number of anilines is 1. The molecule has 0 fully saturated rings. The van der Waals surface area contributed by atoms with Crippen LogP contribution in [-0.4, -0.2) is 0 Å². The standard InChI is InChI=1S/C12H6BrCl2F2NS/c13-11-9(16)1-2-10(12(11)17)18-19-8-4-6(14)3-7(15)5-8/h1-5,18H. The van der Waals surface area contributed by atoms with E-state index >= 15 is 0 Å². The second-order valence-corrected chi connectivity index (χ2v) is 6.08. The fourth-order valence-electron chi connectivity index (χ4n) is 1.31. The Hall–Kier alpha value is -0.490. The van der Waals surface area contributed by atoms with E-state index in [0.29, 0.717) is 10.0 Å². The first-order valence-electron chi connectivity index (χ1n) is 5.00. The summed E-state index contributed by atoms with van der Waals surface area (Å²) >= 11 is 15.7. The van der Waals surface area contributed by atoms with Gasteiger partial charge in [0.05, 0.1) is 10.2 Å². The normalized spacial score (nSPS) is 10.6. The van der Waals surface area contributed by atoms with Crippen molar-refractivity contribution >= 4 is 56.8 Å². The van der Waals surface area contributed by atoms with E-state index in [2.05, 4.69) is 20.7 Å². The van der Waals surface area contributed by atoms with Gasteiger partial charge in [-0.1, -0.05) is 23.2 Å². The number of nitrogens with one attached hydrogen (secondary N) is 1. The lowest BCUT2D eigenvalue weighted by Crippen LogP contribution is -1.94. The van der Waals surface area contributed by atoms with E-state index in [9.17, 15) is 8.78 Å². The summed E-state index contributed by atoms with van der Waals surface area (Å²) < 4.78 is 29.4. The summed E-state index contributed by atoms with van der Waals surface area (Å²) in [5, 5.41) is 0.968. The van der Waals surface area contributed by atoms with Crippen LogP contribution in [0.3, 0.4) is 0 Å². The van der Waals surface area contributed by atoms with Gasteiger partial charge < -0.3 is 4.72 Å². The third-order valence-corrected chi connectivity index (χ3v) is 4.11. The summed E-state index contributed by atoms with van der Waals surface area (Å²) in [5.74, 6) is -1.35. The van der Waals surface area contributed by atoms with Crippen molar-refractivity contribution in [1.82, 2.24) is 0 Å². The van der Waals surface area contributed by atoms with Crippen molar-refractivity contribution < 1.29 is 8.78 Å². The Morgan fingerprint density at radius 3 is 2.32 bits per heavy atom. The van der Waals surface area contributed by atoms with Crippen molar-refractivity contribution in [3.63, 3.8) is 0 Å². The van der Waals surface area contributed by atoms with Crippen LogP contribution in [0, 0.1) is 11.6 Å². The minimum absolute atomic E-state index is 0.161. The fourth-order valence-corrected chi connectivity index (χ4v) is 3.06. The minimum atomic E-state index is -0.694. The van der Waals surface area contributed by atoms with E-state index in [1.165, 1.54) is 12.1 Å². The molecule has 0 unspecified atom stereocenters. The molecule has 2 aromatic carbocycles. The molecule has 0 aromatic heterocycles. The van der Waals surface area contributed by atoms with E-state index in [0.717, 1.165) is 16.8 Å². The minimum Gasteiger partial charge on any atom is -0.323 e. The predicted molar refractivity (Wildman–Crippen MR) is 80.0 cm³/mol. The van der Waals surface area contributed by atoms with E-state index in [4.69, 9.17) is 23.2 Å². The lowest BCUT2D eigenvalue weighted by molar-refractivity contribution is 0.575. The summed E-state index contributed by atoms with van der Waals surface area (Å²) in [5.41, 5.74) is 0.161. The Bertz CT molecular complexity index is 605. The first-order valence-corrected chi connectivity index (χ1v) is 7.36. The molecular weight excluding hydrogens is 379 g/mol. The first-order chi connectivity index (χ1) is 8.97. The van der Waals surface area contributed by atoms with Gasteiger partial charge >= 0.3 is 0 Å². The smallest absolute Gasteiger partial charge is 0.164 e. The van der Waals surface area contributed by atoms with Crippen LogP contribution in [0.25, 0.3) is 0 Å². The van der Waals surface area contributed by atoms with E-state index in [1.54, 1.807) is 18.2 Å². The average molecular weight is 385 g/mol. The third-order valence-electron chi connectivity index (χ3n) is 2.15. The van der Waals surface area contributed by atoms with Crippen molar-refractivity contribution in [2.45, 2.75) is 4.90 Å². The first kappa shape index (κ1) is 14.9. The summed E-state index contributed by atoms with van der Waals surface area (Å²) in [7, 11) is 0. The maximum atomic E-state index is 13.7. The molecule has 2 aromatic rings. The Morgan fingerprint density at radius 2 is 1.68 bits per heavy atom. The number of hydrogen-bond donors (Lipinski definition) is 1. The molecule has 0 saturated heterocycles. The van der Waals surface area contributed by atoms with Gasteiger partial charge in [0.1, 0.15) is 5.82 Å². The summed E-state index contributed by atoms with van der Waals surface area (Å²) in [6.45, 7) is 0. The fraction of sp³-hybridized carbons (Fsp3) is 0. The van der Waals surface area contributed by atoms with Crippen molar-refractivity contribution in [3.8, 4) is 0 Å². The average Bonchev–Trinajstić information content (AvgIpc) is 2.34. The SMILES string of the molecule is Fc1ccc(NSc2cc(Cl)cc(Cl)c2)c(F)c1Br. The molecule has 0 aliphatic heterocycles. The second-order valence-electron chi connectivity index (χ2n) is 3.53. The highest BCUT2D eigenvalue weighted by Gasteiger charge is 2.11. The molecule has 0 aliphatic rings. The van der Waals surface area contributed by atoms with Crippen LogP contribution in [0.2, 0.25) is 10.0 Å². The maximum Gasteiger partial charge on any atom is 0.164 e. The largest absolute Gasteiger partial charge is 0.323 e. The van der Waals surface area contributed by atoms with Crippen LogP contribution in [0.4, 0.5) is 14.5 Å². The molecule has 19 heavy (non-hydrogen) atoms. The van der Waals surface area contributed by atoms with Crippen molar-refractivity contribution in [2.24, 2.45) is 0 Å². The summed E-state index contributed by atoms with van der Waals surface area (Å²) in [6, 6.07) is 7.45. The molecule has 0 spiro atoms. The molecule has 0 bridgehead atoms. The van der Waals surface area contributed by atoms with Crippen LogP contribution in [0.15, 0.2) is 39.7 Å². The molecule has 0 amide bonds. The van der Waals surface area contributed by atoms with E-state index < -0.39 is 11.6 Å². The van der Waals surface area contributed by atoms with Crippen LogP contribution in [-0.2, 0) is 0 Å². The third kappa shape index (κ3) is 3.75. The molecule has 2 rings (SSSR count). The van der Waals surface area contributed by atoms with Gasteiger partial charge in [-0.05, 0) is 58.2 Å². The zero-order valence-corrected chi connectivity index (χ0v) is 13.1. The zero-order valence-electron chi connectivity index (χ0n) is 9.18. The molecule has 7 heteroatoms. The summed E-state index contributed by atoms with van der Waals surface area (Å²) in [4.78, 5) is 0.720. The Morgan fingerprint density at radius 1 is 1.05 bits per heavy atom. The molecule has 0 aliphatic carbocycles. The van der Waals surface area contributed by atoms with Crippen LogP contribution < -0.4 is 4.72 Å². The Balaban J connectivity index is 2.17. The van der Waals surface area contributed by atoms with Crippen LogP contribution in [0.5, 0.6) is 0 Å². The quantitative estimate of drug-likeness (QED) is 0.502. The Kier molecular flexibility index (Phi) is 4.95. The molecule has 0 atom stereocenters. The van der Waals surface area contributed by atoms with Gasteiger partial charge in [-0.2, -0.15) is 0 Å². The van der Waals surface area contributed by atoms with Crippen molar-refractivity contribution in [1.29, 1.82) is 0 Å². The summed E-state index contributed by atoms with van der Waals surface area (Å²) in [6.07, 6.45) is 0. The van der Waals surface area contributed by atoms with Gasteiger partial charge in [0.15, 0.2) is 5.82 Å². The Labute approximate surface area is 131 Å². The molecule has 1 nitrogen and oxygen atoms in total. The lowest BCUT2D eigenvalue weighted by Gasteiger charge is -2.08. The van der Waals surface area contributed by atoms with Gasteiger partial charge in [0.2, 0.25) is 0 Å². The maximum absolute atomic E-state index is 13.7. The number of halogens is 5. The lowest BCUT2D eigenvalue weighted by atomic mass is 10.3. The molecule has 1 N–H and O–H groups in total. The van der Waals surface area contributed by atoms with Crippen LogP contribution >= 0.6 is 51.1 Å². The van der Waals surface area contributed by atoms with Crippen molar-refractivity contribution in [2.75, 3.05) is 4.72 Å².